The number of carbonyl (C=O) groups excluding carboxylic acids is 1. The van der Waals surface area contributed by atoms with Crippen LogP contribution < -0.4 is 11.2 Å². The molecule has 0 unspecified atom stereocenters. The van der Waals surface area contributed by atoms with Crippen molar-refractivity contribution in [1.82, 2.24) is 30.7 Å². The number of aryl methyl sites for hydroxylation is 1. The van der Waals surface area contributed by atoms with Crippen LogP contribution in [0.25, 0.3) is 5.82 Å². The zero-order chi connectivity index (χ0) is 17.8. The van der Waals surface area contributed by atoms with Gasteiger partial charge in [0.15, 0.2) is 5.69 Å². The number of hydrogen-bond acceptors (Lipinski definition) is 10. The quantitative estimate of drug-likeness (QED) is 0.476. The summed E-state index contributed by atoms with van der Waals surface area (Å²) in [6, 6.07) is 1.96. The lowest BCUT2D eigenvalue weighted by atomic mass is 10.3. The van der Waals surface area contributed by atoms with E-state index in [1.54, 1.807) is 6.21 Å². The van der Waals surface area contributed by atoms with E-state index in [2.05, 4.69) is 35.8 Å². The van der Waals surface area contributed by atoms with Crippen molar-refractivity contribution in [3.8, 4) is 5.82 Å². The van der Waals surface area contributed by atoms with Gasteiger partial charge in [0.1, 0.15) is 5.69 Å². The predicted molar refractivity (Wildman–Crippen MR) is 88.5 cm³/mol. The molecule has 130 valence electrons. The van der Waals surface area contributed by atoms with Gasteiger partial charge in [0.2, 0.25) is 11.6 Å². The third-order valence-electron chi connectivity index (χ3n) is 3.21. The zero-order valence-electron chi connectivity index (χ0n) is 13.3. The van der Waals surface area contributed by atoms with Crippen molar-refractivity contribution < 1.29 is 14.2 Å². The van der Waals surface area contributed by atoms with Crippen molar-refractivity contribution in [3.63, 3.8) is 0 Å². The summed E-state index contributed by atoms with van der Waals surface area (Å²) in [5.41, 5.74) is 9.51. The summed E-state index contributed by atoms with van der Waals surface area (Å²) in [7, 11) is 1.47. The largest absolute Gasteiger partial charge is 0.378 e. The molecule has 0 saturated carbocycles. The Labute approximate surface area is 145 Å². The van der Waals surface area contributed by atoms with Gasteiger partial charge in [-0.2, -0.15) is 9.78 Å². The summed E-state index contributed by atoms with van der Waals surface area (Å²) < 4.78 is 10.9. The van der Waals surface area contributed by atoms with Crippen LogP contribution in [0.3, 0.4) is 0 Å². The van der Waals surface area contributed by atoms with Crippen LogP contribution in [-0.2, 0) is 11.3 Å². The lowest BCUT2D eigenvalue weighted by Crippen LogP contribution is -2.20. The monoisotopic (exact) mass is 362 g/mol. The summed E-state index contributed by atoms with van der Waals surface area (Å²) in [4.78, 5) is 13.3. The Morgan fingerprint density at radius 3 is 3.04 bits per heavy atom. The number of nitrogens with two attached hydrogens (primary N) is 1. The molecule has 1 amide bonds. The van der Waals surface area contributed by atoms with E-state index >= 15 is 0 Å². The van der Waals surface area contributed by atoms with Crippen LogP contribution in [0.4, 0.5) is 5.82 Å². The number of hydrazone groups is 1. The summed E-state index contributed by atoms with van der Waals surface area (Å²) in [5, 5.41) is 20.7. The minimum atomic E-state index is -0.543. The molecule has 0 aliphatic rings. The summed E-state index contributed by atoms with van der Waals surface area (Å²) in [6.07, 6.45) is 1.57. The highest BCUT2D eigenvalue weighted by Gasteiger charge is 2.23. The number of nitrogens with zero attached hydrogens (tertiary/aromatic N) is 6. The van der Waals surface area contributed by atoms with E-state index < -0.39 is 5.91 Å². The van der Waals surface area contributed by atoms with E-state index in [9.17, 15) is 4.79 Å². The maximum absolute atomic E-state index is 12.3. The normalized spacial score (nSPS) is 11.3. The predicted octanol–water partition coefficient (Wildman–Crippen LogP) is 0.513. The number of nitrogen functional groups attached to an aromatic ring is 1. The van der Waals surface area contributed by atoms with E-state index in [1.807, 2.05) is 18.4 Å². The Hall–Kier alpha value is -3.12. The molecule has 3 rings (SSSR count). The van der Waals surface area contributed by atoms with Crippen LogP contribution in [0.1, 0.15) is 26.6 Å². The number of thiophene rings is 1. The molecule has 3 N–H and O–H groups in total. The summed E-state index contributed by atoms with van der Waals surface area (Å²) in [6.45, 7) is 2.01. The second-order valence-corrected chi connectivity index (χ2v) is 5.82. The van der Waals surface area contributed by atoms with Crippen molar-refractivity contribution in [3.05, 3.63) is 33.3 Å². The van der Waals surface area contributed by atoms with Crippen LogP contribution in [-0.4, -0.2) is 44.5 Å². The smallest absolute Gasteiger partial charge is 0.293 e. The molecule has 0 spiro atoms. The van der Waals surface area contributed by atoms with Gasteiger partial charge in [-0.1, -0.05) is 5.21 Å². The maximum atomic E-state index is 12.3. The molecule has 0 aromatic carbocycles. The standard InChI is InChI=1S/C13H14N8O3S/c1-7-3-4-25-9(7)5-15-17-13(22)10-8(6-23-2)21(20-16-10)12-11(14)18-24-19-12/h3-5H,6H2,1-2H3,(H2,14,18)(H,17,22)/b15-5+. The van der Waals surface area contributed by atoms with Gasteiger partial charge in [-0.25, -0.2) is 10.1 Å². The van der Waals surface area contributed by atoms with Crippen molar-refractivity contribution in [2.45, 2.75) is 13.5 Å². The van der Waals surface area contributed by atoms with Crippen LogP contribution >= 0.6 is 11.3 Å². The Balaban J connectivity index is 1.83. The fourth-order valence-corrected chi connectivity index (χ4v) is 2.76. The van der Waals surface area contributed by atoms with Gasteiger partial charge in [0, 0.05) is 12.0 Å². The van der Waals surface area contributed by atoms with E-state index in [0.29, 0.717) is 5.69 Å². The second kappa shape index (κ2) is 7.19. The molecule has 0 aliphatic heterocycles. The van der Waals surface area contributed by atoms with Crippen LogP contribution in [0.5, 0.6) is 0 Å². The van der Waals surface area contributed by atoms with Crippen molar-refractivity contribution >= 4 is 29.3 Å². The molecule has 3 aromatic heterocycles. The SMILES string of the molecule is COCc1c(C(=O)N/N=C/c2sccc2C)nnn1-c1nonc1N. The number of rotatable bonds is 6. The lowest BCUT2D eigenvalue weighted by molar-refractivity contribution is 0.0944. The molecule has 0 bridgehead atoms. The first-order valence-electron chi connectivity index (χ1n) is 7.01. The number of anilines is 1. The number of ether oxygens (including phenoxy) is 1. The fourth-order valence-electron chi connectivity index (χ4n) is 1.97. The Kier molecular flexibility index (Phi) is 4.81. The minimum absolute atomic E-state index is 0.0143. The van der Waals surface area contributed by atoms with Gasteiger partial charge in [0.05, 0.1) is 12.8 Å². The Morgan fingerprint density at radius 1 is 1.56 bits per heavy atom. The molecular formula is C13H14N8O3S. The number of methoxy groups -OCH3 is 1. The highest BCUT2D eigenvalue weighted by Crippen LogP contribution is 2.16. The molecule has 0 fully saturated rings. The first-order valence-corrected chi connectivity index (χ1v) is 7.89. The van der Waals surface area contributed by atoms with Gasteiger partial charge in [0.25, 0.3) is 5.91 Å². The Morgan fingerprint density at radius 2 is 2.40 bits per heavy atom. The number of aromatic nitrogens is 5. The van der Waals surface area contributed by atoms with Crippen molar-refractivity contribution in [1.29, 1.82) is 0 Å². The van der Waals surface area contributed by atoms with E-state index in [4.69, 9.17) is 10.5 Å². The van der Waals surface area contributed by atoms with Gasteiger partial charge < -0.3 is 10.5 Å². The molecule has 0 atom stereocenters. The highest BCUT2D eigenvalue weighted by molar-refractivity contribution is 7.11. The van der Waals surface area contributed by atoms with Crippen LogP contribution in [0.2, 0.25) is 0 Å². The fraction of sp³-hybridized carbons (Fsp3) is 0.231. The third kappa shape index (κ3) is 3.39. The summed E-state index contributed by atoms with van der Waals surface area (Å²) in [5.74, 6) is -0.407. The number of nitrogens with one attached hydrogen (secondary N) is 1. The van der Waals surface area contributed by atoms with Crippen molar-refractivity contribution in [2.75, 3.05) is 12.8 Å². The first-order chi connectivity index (χ1) is 12.1. The molecule has 0 saturated heterocycles. The molecule has 3 heterocycles. The van der Waals surface area contributed by atoms with Gasteiger partial charge in [-0.15, -0.1) is 16.4 Å². The van der Waals surface area contributed by atoms with E-state index in [-0.39, 0.29) is 23.9 Å². The van der Waals surface area contributed by atoms with Crippen molar-refractivity contribution in [2.24, 2.45) is 5.10 Å². The Bertz CT molecular complexity index is 912. The number of amides is 1. The molecule has 11 nitrogen and oxygen atoms in total. The topological polar surface area (TPSA) is 146 Å². The highest BCUT2D eigenvalue weighted by atomic mass is 32.1. The molecular weight excluding hydrogens is 348 g/mol. The molecule has 3 aromatic rings. The van der Waals surface area contributed by atoms with Crippen LogP contribution in [0, 0.1) is 6.92 Å². The zero-order valence-corrected chi connectivity index (χ0v) is 14.1. The number of hydrogen-bond donors (Lipinski definition) is 2. The van der Waals surface area contributed by atoms with Crippen LogP contribution in [0.15, 0.2) is 21.2 Å². The molecule has 0 aliphatic carbocycles. The molecule has 0 radical (unpaired) electrons. The average Bonchev–Trinajstić information content (AvgIpc) is 3.29. The van der Waals surface area contributed by atoms with E-state index in [0.717, 1.165) is 10.4 Å². The lowest BCUT2D eigenvalue weighted by Gasteiger charge is -2.03. The number of carbonyl (C=O) groups is 1. The summed E-state index contributed by atoms with van der Waals surface area (Å²) >= 11 is 1.52. The molecule has 25 heavy (non-hydrogen) atoms. The van der Waals surface area contributed by atoms with Gasteiger partial charge >= 0.3 is 0 Å². The second-order valence-electron chi connectivity index (χ2n) is 4.87. The van der Waals surface area contributed by atoms with E-state index in [1.165, 1.54) is 23.1 Å². The molecule has 12 heteroatoms. The first kappa shape index (κ1) is 16.7. The third-order valence-corrected chi connectivity index (χ3v) is 4.16. The maximum Gasteiger partial charge on any atom is 0.293 e. The van der Waals surface area contributed by atoms with Gasteiger partial charge in [-0.05, 0) is 34.2 Å². The van der Waals surface area contributed by atoms with Gasteiger partial charge in [-0.3, -0.25) is 4.79 Å². The average molecular weight is 362 g/mol. The minimum Gasteiger partial charge on any atom is -0.378 e.